The van der Waals surface area contributed by atoms with Crippen molar-refractivity contribution in [3.63, 3.8) is 0 Å². The molecule has 0 bridgehead atoms. The molecule has 11 heteroatoms. The van der Waals surface area contributed by atoms with Gasteiger partial charge in [0.25, 0.3) is 5.95 Å². The molecule has 0 amide bonds. The van der Waals surface area contributed by atoms with Gasteiger partial charge in [-0.25, -0.2) is 9.28 Å². The van der Waals surface area contributed by atoms with Crippen molar-refractivity contribution < 1.29 is 16.8 Å². The first-order valence-corrected chi connectivity index (χ1v) is 8.44. The van der Waals surface area contributed by atoms with Crippen LogP contribution in [0.2, 0.25) is 0 Å². The summed E-state index contributed by atoms with van der Waals surface area (Å²) in [7, 11) is -2.85. The summed E-state index contributed by atoms with van der Waals surface area (Å²) in [6.07, 6.45) is 1.35. The molecule has 0 aliphatic heterocycles. The second-order valence-electron chi connectivity index (χ2n) is 4.50. The van der Waals surface area contributed by atoms with Crippen molar-refractivity contribution in [1.29, 1.82) is 0 Å². The quantitative estimate of drug-likeness (QED) is 0.683. The summed E-state index contributed by atoms with van der Waals surface area (Å²) in [6.45, 7) is 3.05. The highest BCUT2D eigenvalue weighted by Crippen LogP contribution is 2.21. The van der Waals surface area contributed by atoms with E-state index in [1.807, 2.05) is 24.0 Å². The Morgan fingerprint density at radius 2 is 2.00 bits per heavy atom. The lowest BCUT2D eigenvalue weighted by molar-refractivity contribution is 0.248. The molecule has 1 aromatic heterocycles. The lowest BCUT2D eigenvalue weighted by atomic mass is 10.2. The Morgan fingerprint density at radius 3 is 2.58 bits per heavy atom. The molecule has 2 rings (SSSR count). The number of azo groups is 1. The summed E-state index contributed by atoms with van der Waals surface area (Å²) in [6, 6.07) is 7.32. The minimum atomic E-state index is -3.91. The fraction of sp³-hybridized carbons (Fsp3) is 0.385. The first kappa shape index (κ1) is 18.0. The van der Waals surface area contributed by atoms with Gasteiger partial charge in [-0.3, -0.25) is 4.18 Å². The summed E-state index contributed by atoms with van der Waals surface area (Å²) < 4.78 is 31.2. The molecular weight excluding hydrogens is 336 g/mol. The van der Waals surface area contributed by atoms with Crippen LogP contribution >= 0.6 is 0 Å². The van der Waals surface area contributed by atoms with Crippen molar-refractivity contribution in [2.24, 2.45) is 10.2 Å². The number of anilines is 1. The Hall–Kier alpha value is -2.37. The van der Waals surface area contributed by atoms with Gasteiger partial charge in [-0.2, -0.15) is 18.5 Å². The summed E-state index contributed by atoms with van der Waals surface area (Å²) >= 11 is 0. The number of nitrogens with zero attached hydrogens (tertiary/aromatic N) is 5. The smallest absolute Gasteiger partial charge is 0.369 e. The van der Waals surface area contributed by atoms with E-state index in [1.54, 1.807) is 12.1 Å². The largest absolute Gasteiger partial charge is 0.399 e. The number of aromatic amines is 1. The lowest BCUT2D eigenvalue weighted by Gasteiger charge is -2.22. The molecule has 0 spiro atoms. The van der Waals surface area contributed by atoms with Crippen LogP contribution in [-0.4, -0.2) is 50.4 Å². The zero-order chi connectivity index (χ0) is 17.4. The molecule has 130 valence electrons. The van der Waals surface area contributed by atoms with Crippen LogP contribution in [0.5, 0.6) is 0 Å². The molecule has 1 heterocycles. The molecule has 0 unspecified atom stereocenters. The summed E-state index contributed by atoms with van der Waals surface area (Å²) in [5.41, 5.74) is 1.57. The highest BCUT2D eigenvalue weighted by Gasteiger charge is 2.10. The third kappa shape index (κ3) is 5.37. The highest BCUT2D eigenvalue weighted by molar-refractivity contribution is 7.81. The Morgan fingerprint density at radius 1 is 1.25 bits per heavy atom. The van der Waals surface area contributed by atoms with Gasteiger partial charge in [0.05, 0.1) is 19.4 Å². The minimum absolute atomic E-state index is 0.00301. The topological polar surface area (TPSA) is 122 Å². The molecule has 2 aromatic rings. The average molecular weight is 354 g/mol. The molecule has 0 fully saturated rings. The number of likely N-dealkylation sites (N-methyl/N-ethyl adjacent to an activating group) is 1. The standard InChI is InChI=1S/C13H18N6O4S/c1-3-19(8-9-23-24(20,21)22-2)12-6-4-11(5-7-12)16-18-13-14-10-15-17-13/h4-7,10H,3,8-9H2,1-2H3,(H,14,15,17). The first-order valence-electron chi connectivity index (χ1n) is 7.11. The van der Waals surface area contributed by atoms with E-state index in [-0.39, 0.29) is 6.61 Å². The first-order chi connectivity index (χ1) is 11.5. The Bertz CT molecular complexity index is 745. The van der Waals surface area contributed by atoms with Crippen LogP contribution in [0.25, 0.3) is 0 Å². The molecule has 1 N–H and O–H groups in total. The van der Waals surface area contributed by atoms with E-state index in [2.05, 4.69) is 29.6 Å². The lowest BCUT2D eigenvalue weighted by Crippen LogP contribution is -2.28. The van der Waals surface area contributed by atoms with Crippen LogP contribution in [-0.2, 0) is 18.8 Å². The van der Waals surface area contributed by atoms with Crippen molar-refractivity contribution in [2.45, 2.75) is 6.92 Å². The number of rotatable bonds is 9. The molecular formula is C13H18N6O4S. The molecule has 0 radical (unpaired) electrons. The van der Waals surface area contributed by atoms with Crippen molar-refractivity contribution in [3.8, 4) is 0 Å². The maximum Gasteiger partial charge on any atom is 0.399 e. The highest BCUT2D eigenvalue weighted by atomic mass is 32.3. The maximum atomic E-state index is 11.1. The fourth-order valence-corrected chi connectivity index (χ4v) is 2.22. The molecule has 1 aromatic carbocycles. The van der Waals surface area contributed by atoms with Crippen LogP contribution in [0.1, 0.15) is 6.92 Å². The zero-order valence-corrected chi connectivity index (χ0v) is 14.1. The minimum Gasteiger partial charge on any atom is -0.369 e. The van der Waals surface area contributed by atoms with Gasteiger partial charge in [0.1, 0.15) is 6.33 Å². The van der Waals surface area contributed by atoms with Gasteiger partial charge in [-0.05, 0) is 31.2 Å². The van der Waals surface area contributed by atoms with Crippen molar-refractivity contribution in [3.05, 3.63) is 30.6 Å². The van der Waals surface area contributed by atoms with E-state index in [0.29, 0.717) is 24.7 Å². The van der Waals surface area contributed by atoms with Crippen LogP contribution in [0, 0.1) is 0 Å². The zero-order valence-electron chi connectivity index (χ0n) is 13.3. The van der Waals surface area contributed by atoms with Crippen LogP contribution in [0.3, 0.4) is 0 Å². The van der Waals surface area contributed by atoms with E-state index in [1.165, 1.54) is 6.33 Å². The second kappa shape index (κ2) is 8.47. The summed E-state index contributed by atoms with van der Waals surface area (Å²) in [5.74, 6) is 0.325. The summed E-state index contributed by atoms with van der Waals surface area (Å²) in [5, 5.41) is 14.2. The molecule has 0 atom stereocenters. The van der Waals surface area contributed by atoms with Gasteiger partial charge < -0.3 is 4.90 Å². The van der Waals surface area contributed by atoms with Crippen LogP contribution in [0.15, 0.2) is 40.8 Å². The van der Waals surface area contributed by atoms with Crippen LogP contribution < -0.4 is 4.90 Å². The van der Waals surface area contributed by atoms with Crippen molar-refractivity contribution in [2.75, 3.05) is 31.7 Å². The molecule has 24 heavy (non-hydrogen) atoms. The van der Waals surface area contributed by atoms with Gasteiger partial charge in [0, 0.05) is 18.8 Å². The van der Waals surface area contributed by atoms with E-state index in [9.17, 15) is 8.42 Å². The SMILES string of the molecule is CCN(CCOS(=O)(=O)OC)c1ccc(N=Nc2ncn[nH]2)cc1. The van der Waals surface area contributed by atoms with E-state index in [0.717, 1.165) is 12.8 Å². The Labute approximate surface area is 139 Å². The normalized spacial score (nSPS) is 11.9. The van der Waals surface area contributed by atoms with Crippen molar-refractivity contribution >= 4 is 27.7 Å². The van der Waals surface area contributed by atoms with Gasteiger partial charge in [0.2, 0.25) is 0 Å². The summed E-state index contributed by atoms with van der Waals surface area (Å²) in [4.78, 5) is 5.80. The van der Waals surface area contributed by atoms with E-state index < -0.39 is 10.4 Å². The van der Waals surface area contributed by atoms with Crippen LogP contribution in [0.4, 0.5) is 17.3 Å². The number of H-pyrrole nitrogens is 1. The van der Waals surface area contributed by atoms with Gasteiger partial charge in [0.15, 0.2) is 0 Å². The number of benzene rings is 1. The number of hydrogen-bond acceptors (Lipinski definition) is 9. The van der Waals surface area contributed by atoms with Gasteiger partial charge in [-0.15, -0.1) is 10.2 Å². The molecule has 0 saturated heterocycles. The number of aromatic nitrogens is 3. The van der Waals surface area contributed by atoms with E-state index in [4.69, 9.17) is 4.18 Å². The predicted octanol–water partition coefficient (Wildman–Crippen LogP) is 1.95. The van der Waals surface area contributed by atoms with Crippen molar-refractivity contribution in [1.82, 2.24) is 15.2 Å². The Balaban J connectivity index is 1.94. The van der Waals surface area contributed by atoms with E-state index >= 15 is 0 Å². The second-order valence-corrected chi connectivity index (χ2v) is 5.89. The molecule has 0 aliphatic carbocycles. The Kier molecular flexibility index (Phi) is 6.35. The molecule has 10 nitrogen and oxygen atoms in total. The monoisotopic (exact) mass is 354 g/mol. The number of hydrogen-bond donors (Lipinski definition) is 1. The molecule has 0 aliphatic rings. The van der Waals surface area contributed by atoms with Gasteiger partial charge in [-0.1, -0.05) is 0 Å². The maximum absolute atomic E-state index is 11.1. The van der Waals surface area contributed by atoms with Gasteiger partial charge >= 0.3 is 10.4 Å². The number of nitrogens with one attached hydrogen (secondary N) is 1. The fourth-order valence-electron chi connectivity index (χ4n) is 1.85. The third-order valence-corrected chi connectivity index (χ3v) is 3.92. The molecule has 0 saturated carbocycles. The predicted molar refractivity (Wildman–Crippen MR) is 86.8 cm³/mol. The average Bonchev–Trinajstić information content (AvgIpc) is 3.11. The third-order valence-electron chi connectivity index (χ3n) is 3.05.